The predicted molar refractivity (Wildman–Crippen MR) is 153 cm³/mol. The van der Waals surface area contributed by atoms with Crippen LogP contribution in [0.25, 0.3) is 31.7 Å². The second-order valence-corrected chi connectivity index (χ2v) is 10.5. The number of thiophene rings is 1. The van der Waals surface area contributed by atoms with Gasteiger partial charge in [0.05, 0.1) is 23.3 Å². The normalized spacial score (nSPS) is 14.0. The number of aromatic nitrogens is 4. The number of alkyl halides is 3. The summed E-state index contributed by atoms with van der Waals surface area (Å²) in [6, 6.07) is 10.2. The number of hydrogen-bond acceptors (Lipinski definition) is 9. The number of anilines is 2. The van der Waals surface area contributed by atoms with Crippen LogP contribution in [0.4, 0.5) is 24.8 Å². The maximum absolute atomic E-state index is 14.5. The van der Waals surface area contributed by atoms with Crippen LogP contribution in [0.3, 0.4) is 0 Å². The summed E-state index contributed by atoms with van der Waals surface area (Å²) < 4.78 is 50.3. The van der Waals surface area contributed by atoms with Crippen LogP contribution in [0.5, 0.6) is 5.88 Å². The maximum atomic E-state index is 14.5. The summed E-state index contributed by atoms with van der Waals surface area (Å²) in [5, 5.41) is 17.3. The van der Waals surface area contributed by atoms with Gasteiger partial charge in [-0.1, -0.05) is 12.1 Å². The number of fused-ring (bicyclic) bond motifs is 3. The van der Waals surface area contributed by atoms with Gasteiger partial charge in [-0.3, -0.25) is 4.79 Å². The highest BCUT2D eigenvalue weighted by molar-refractivity contribution is 7.25. The molecule has 1 aliphatic heterocycles. The van der Waals surface area contributed by atoms with Crippen molar-refractivity contribution in [2.24, 2.45) is 0 Å². The minimum atomic E-state index is -4.68. The third kappa shape index (κ3) is 5.37. The third-order valence-corrected chi connectivity index (χ3v) is 7.77. The molecule has 216 valence electrons. The number of amides is 1. The van der Waals surface area contributed by atoms with Crippen molar-refractivity contribution in [3.63, 3.8) is 0 Å². The molecule has 1 amide bonds. The Morgan fingerprint density at radius 1 is 1.17 bits per heavy atom. The van der Waals surface area contributed by atoms with Crippen molar-refractivity contribution in [3.8, 4) is 17.1 Å². The largest absolute Gasteiger partial charge is 0.619 e. The Morgan fingerprint density at radius 2 is 1.93 bits per heavy atom. The molecule has 14 heteroatoms. The number of hydrogen-bond donors (Lipinski definition) is 2. The van der Waals surface area contributed by atoms with Gasteiger partial charge in [-0.05, 0) is 31.2 Å². The highest BCUT2D eigenvalue weighted by Crippen LogP contribution is 2.45. The summed E-state index contributed by atoms with van der Waals surface area (Å²) >= 11 is 1.06. The lowest BCUT2D eigenvalue weighted by molar-refractivity contribution is -0.605. The zero-order valence-corrected chi connectivity index (χ0v) is 23.1. The molecule has 10 nitrogen and oxygen atoms in total. The topological polar surface area (TPSA) is 119 Å². The molecule has 4 aromatic heterocycles. The van der Waals surface area contributed by atoms with Crippen LogP contribution in [-0.4, -0.2) is 53.6 Å². The fourth-order valence-corrected chi connectivity index (χ4v) is 5.81. The van der Waals surface area contributed by atoms with Crippen LogP contribution < -0.4 is 25.0 Å². The van der Waals surface area contributed by atoms with Crippen LogP contribution in [0.15, 0.2) is 54.9 Å². The fraction of sp³-hybridized carbons (Fsp3) is 0.250. The standard InChI is InChI=1S/C28H24F3N7O3S/c1-2-41-25-23-22(35-27(36-25)37-12-9-32-10-13-37)21-19(28(29,30)31)14-20(34-26(21)42-23)16-5-7-18(8-6-16)33-24(39)17-4-3-11-38(40)15-17/h3-8,11,14-15,32H,2,9-10,12-13H2,1H3,(H,33,39). The van der Waals surface area contributed by atoms with Gasteiger partial charge in [0.25, 0.3) is 5.91 Å². The number of carbonyl (C=O) groups is 1. The average molecular weight is 596 g/mol. The van der Waals surface area contributed by atoms with Crippen molar-refractivity contribution in [2.45, 2.75) is 13.1 Å². The molecule has 5 heterocycles. The lowest BCUT2D eigenvalue weighted by Gasteiger charge is -2.27. The van der Waals surface area contributed by atoms with Crippen molar-refractivity contribution in [3.05, 3.63) is 71.2 Å². The molecule has 1 fully saturated rings. The highest BCUT2D eigenvalue weighted by Gasteiger charge is 2.36. The van der Waals surface area contributed by atoms with E-state index in [2.05, 4.69) is 25.6 Å². The summed E-state index contributed by atoms with van der Waals surface area (Å²) in [7, 11) is 0. The minimum Gasteiger partial charge on any atom is -0.619 e. The first-order valence-electron chi connectivity index (χ1n) is 13.1. The number of pyridine rings is 2. The first kappa shape index (κ1) is 27.6. The third-order valence-electron chi connectivity index (χ3n) is 6.71. The van der Waals surface area contributed by atoms with E-state index in [0.29, 0.717) is 52.8 Å². The van der Waals surface area contributed by atoms with Gasteiger partial charge >= 0.3 is 6.18 Å². The number of nitrogens with zero attached hydrogens (tertiary/aromatic N) is 5. The molecule has 6 rings (SSSR count). The Bertz CT molecular complexity index is 1790. The van der Waals surface area contributed by atoms with E-state index in [4.69, 9.17) is 4.74 Å². The molecule has 2 N–H and O–H groups in total. The Morgan fingerprint density at radius 3 is 2.62 bits per heavy atom. The van der Waals surface area contributed by atoms with Crippen LogP contribution in [-0.2, 0) is 6.18 Å². The van der Waals surface area contributed by atoms with Crippen LogP contribution in [0, 0.1) is 5.21 Å². The lowest BCUT2D eigenvalue weighted by atomic mass is 10.1. The summed E-state index contributed by atoms with van der Waals surface area (Å²) in [6.45, 7) is 4.74. The van der Waals surface area contributed by atoms with Gasteiger partial charge in [-0.25, -0.2) is 9.97 Å². The van der Waals surface area contributed by atoms with Crippen LogP contribution in [0.1, 0.15) is 22.8 Å². The first-order valence-corrected chi connectivity index (χ1v) is 13.9. The van der Waals surface area contributed by atoms with E-state index in [1.165, 1.54) is 18.3 Å². The monoisotopic (exact) mass is 595 g/mol. The second-order valence-electron chi connectivity index (χ2n) is 9.50. The van der Waals surface area contributed by atoms with Crippen LogP contribution in [0.2, 0.25) is 0 Å². The molecule has 1 aliphatic rings. The number of nitrogens with one attached hydrogen (secondary N) is 2. The Balaban J connectivity index is 1.41. The van der Waals surface area contributed by atoms with Gasteiger partial charge in [0, 0.05) is 43.5 Å². The molecule has 0 atom stereocenters. The second kappa shape index (κ2) is 11.0. The fourth-order valence-electron chi connectivity index (χ4n) is 4.73. The van der Waals surface area contributed by atoms with Crippen molar-refractivity contribution in [1.29, 1.82) is 0 Å². The molecular formula is C28H24F3N7O3S. The number of benzene rings is 1. The Labute approximate surface area is 241 Å². The molecule has 0 unspecified atom stereocenters. The van der Waals surface area contributed by atoms with E-state index >= 15 is 0 Å². The highest BCUT2D eigenvalue weighted by atomic mass is 32.1. The number of piperazine rings is 1. The van der Waals surface area contributed by atoms with E-state index in [-0.39, 0.29) is 39.5 Å². The quantitative estimate of drug-likeness (QED) is 0.216. The number of rotatable bonds is 6. The van der Waals surface area contributed by atoms with Crippen molar-refractivity contribution < 1.29 is 27.4 Å². The summed E-state index contributed by atoms with van der Waals surface area (Å²) in [5.74, 6) is 0.0563. The van der Waals surface area contributed by atoms with Gasteiger partial charge < -0.3 is 25.5 Å². The summed E-state index contributed by atoms with van der Waals surface area (Å²) in [6.07, 6.45) is -2.28. The van der Waals surface area contributed by atoms with E-state index in [0.717, 1.165) is 23.6 Å². The van der Waals surface area contributed by atoms with E-state index in [1.807, 2.05) is 4.90 Å². The summed E-state index contributed by atoms with van der Waals surface area (Å²) in [5.41, 5.74) is 0.412. The van der Waals surface area contributed by atoms with Crippen molar-refractivity contribution >= 4 is 49.3 Å². The minimum absolute atomic E-state index is 0.0895. The number of halogens is 3. The van der Waals surface area contributed by atoms with Crippen molar-refractivity contribution in [2.75, 3.05) is 43.0 Å². The molecule has 5 aromatic rings. The van der Waals surface area contributed by atoms with E-state index in [1.54, 1.807) is 31.2 Å². The smallest absolute Gasteiger partial charge is 0.417 e. The Hall–Kier alpha value is -4.56. The number of ether oxygens (including phenoxy) is 1. The predicted octanol–water partition coefficient (Wildman–Crippen LogP) is 4.62. The van der Waals surface area contributed by atoms with Crippen LogP contribution >= 0.6 is 11.3 Å². The molecule has 0 aliphatic carbocycles. The molecule has 1 saturated heterocycles. The first-order chi connectivity index (χ1) is 20.2. The Kier molecular flexibility index (Phi) is 7.24. The molecule has 0 bridgehead atoms. The zero-order chi connectivity index (χ0) is 29.4. The summed E-state index contributed by atoms with van der Waals surface area (Å²) in [4.78, 5) is 28.3. The van der Waals surface area contributed by atoms with Gasteiger partial charge in [0.15, 0.2) is 12.4 Å². The maximum Gasteiger partial charge on any atom is 0.417 e. The van der Waals surface area contributed by atoms with Gasteiger partial charge in [0.2, 0.25) is 11.8 Å². The molecule has 0 spiro atoms. The molecule has 1 aromatic carbocycles. The zero-order valence-electron chi connectivity index (χ0n) is 22.2. The van der Waals surface area contributed by atoms with E-state index in [9.17, 15) is 23.2 Å². The van der Waals surface area contributed by atoms with E-state index < -0.39 is 17.6 Å². The molecule has 0 saturated carbocycles. The van der Waals surface area contributed by atoms with Crippen molar-refractivity contribution in [1.82, 2.24) is 20.3 Å². The SMILES string of the molecule is CCOc1nc(N2CCNCC2)nc2c1sc1nc(-c3ccc(NC(=O)c4ccc[n+]([O-])c4)cc3)cc(C(F)(F)F)c12. The van der Waals surface area contributed by atoms with Gasteiger partial charge in [0.1, 0.15) is 20.6 Å². The lowest BCUT2D eigenvalue weighted by Crippen LogP contribution is -2.44. The molecule has 42 heavy (non-hydrogen) atoms. The number of carbonyl (C=O) groups excluding carboxylic acids is 1. The molecule has 0 radical (unpaired) electrons. The van der Waals surface area contributed by atoms with Gasteiger partial charge in [-0.2, -0.15) is 22.9 Å². The van der Waals surface area contributed by atoms with Gasteiger partial charge in [-0.15, -0.1) is 11.3 Å². The average Bonchev–Trinajstić information content (AvgIpc) is 3.36. The molecular weight excluding hydrogens is 571 g/mol.